The standard InChI is InChI=1S/C16H21N3O2/c1-18-15(21)19(13-7-5-12(17)6-8-13)14(20)11-16(18)9-3-2-4-10-16/h5-8H,2-4,9-11,17H2,1H3. The summed E-state index contributed by atoms with van der Waals surface area (Å²) in [7, 11) is 1.82. The largest absolute Gasteiger partial charge is 0.399 e. The van der Waals surface area contributed by atoms with Crippen molar-refractivity contribution in [3.63, 3.8) is 0 Å². The van der Waals surface area contributed by atoms with Gasteiger partial charge in [-0.1, -0.05) is 19.3 Å². The summed E-state index contributed by atoms with van der Waals surface area (Å²) >= 11 is 0. The third-order valence-corrected chi connectivity index (χ3v) is 4.85. The molecule has 5 heteroatoms. The predicted molar refractivity (Wildman–Crippen MR) is 81.9 cm³/mol. The van der Waals surface area contributed by atoms with Crippen LogP contribution < -0.4 is 10.6 Å². The smallest absolute Gasteiger partial charge is 0.331 e. The molecule has 0 aromatic heterocycles. The van der Waals surface area contributed by atoms with Crippen molar-refractivity contribution >= 4 is 23.3 Å². The molecule has 3 rings (SSSR count). The molecule has 2 aliphatic rings. The number of rotatable bonds is 1. The van der Waals surface area contributed by atoms with Crippen LogP contribution in [0, 0.1) is 0 Å². The van der Waals surface area contributed by atoms with Crippen molar-refractivity contribution in [2.75, 3.05) is 17.7 Å². The van der Waals surface area contributed by atoms with Crippen molar-refractivity contribution in [1.29, 1.82) is 0 Å². The molecule has 1 aromatic carbocycles. The number of nitrogen functional groups attached to an aromatic ring is 1. The molecule has 1 heterocycles. The molecular weight excluding hydrogens is 266 g/mol. The van der Waals surface area contributed by atoms with Crippen LogP contribution in [-0.2, 0) is 4.79 Å². The quantitative estimate of drug-likeness (QED) is 0.808. The number of benzene rings is 1. The molecule has 3 amide bonds. The van der Waals surface area contributed by atoms with E-state index in [1.54, 1.807) is 29.2 Å². The van der Waals surface area contributed by atoms with Crippen molar-refractivity contribution in [3.05, 3.63) is 24.3 Å². The van der Waals surface area contributed by atoms with Crippen LogP contribution in [0.25, 0.3) is 0 Å². The van der Waals surface area contributed by atoms with Crippen molar-refractivity contribution in [2.45, 2.75) is 44.1 Å². The molecule has 1 aliphatic heterocycles. The van der Waals surface area contributed by atoms with Crippen molar-refractivity contribution in [2.24, 2.45) is 0 Å². The molecule has 2 N–H and O–H groups in total. The Balaban J connectivity index is 1.90. The number of amides is 3. The highest BCUT2D eigenvalue weighted by Gasteiger charge is 2.48. The van der Waals surface area contributed by atoms with Gasteiger partial charge in [0.05, 0.1) is 17.6 Å². The fraction of sp³-hybridized carbons (Fsp3) is 0.500. The van der Waals surface area contributed by atoms with Crippen LogP contribution in [0.15, 0.2) is 24.3 Å². The van der Waals surface area contributed by atoms with E-state index in [4.69, 9.17) is 5.73 Å². The summed E-state index contributed by atoms with van der Waals surface area (Å²) in [6.45, 7) is 0. The Kier molecular flexibility index (Phi) is 3.35. The zero-order chi connectivity index (χ0) is 15.0. The average Bonchev–Trinajstić information content (AvgIpc) is 2.48. The molecule has 1 saturated carbocycles. The van der Waals surface area contributed by atoms with Gasteiger partial charge in [0.2, 0.25) is 5.91 Å². The van der Waals surface area contributed by atoms with Crippen LogP contribution in [0.1, 0.15) is 38.5 Å². The van der Waals surface area contributed by atoms with E-state index in [1.807, 2.05) is 7.05 Å². The first kappa shape index (κ1) is 13.9. The van der Waals surface area contributed by atoms with E-state index in [0.29, 0.717) is 17.8 Å². The van der Waals surface area contributed by atoms with Crippen molar-refractivity contribution in [1.82, 2.24) is 4.90 Å². The second kappa shape index (κ2) is 5.06. The van der Waals surface area contributed by atoms with Crippen LogP contribution in [0.5, 0.6) is 0 Å². The van der Waals surface area contributed by atoms with E-state index in [1.165, 1.54) is 11.3 Å². The first-order valence-electron chi connectivity index (χ1n) is 7.50. The summed E-state index contributed by atoms with van der Waals surface area (Å²) in [5.41, 5.74) is 6.61. The summed E-state index contributed by atoms with van der Waals surface area (Å²) in [6, 6.07) is 6.63. The molecule has 0 bridgehead atoms. The van der Waals surface area contributed by atoms with Crippen LogP contribution in [0.4, 0.5) is 16.2 Å². The predicted octanol–water partition coefficient (Wildman–Crippen LogP) is 2.76. The monoisotopic (exact) mass is 287 g/mol. The summed E-state index contributed by atoms with van der Waals surface area (Å²) in [4.78, 5) is 28.3. The lowest BCUT2D eigenvalue weighted by Crippen LogP contribution is -2.63. The van der Waals surface area contributed by atoms with Gasteiger partial charge in [0, 0.05) is 12.7 Å². The number of nitrogens with zero attached hydrogens (tertiary/aromatic N) is 2. The Hall–Kier alpha value is -2.04. The number of imide groups is 1. The second-order valence-corrected chi connectivity index (χ2v) is 6.12. The number of carbonyl (C=O) groups excluding carboxylic acids is 2. The highest BCUT2D eigenvalue weighted by molar-refractivity contribution is 6.16. The second-order valence-electron chi connectivity index (χ2n) is 6.12. The summed E-state index contributed by atoms with van der Waals surface area (Å²) < 4.78 is 0. The Morgan fingerprint density at radius 3 is 2.29 bits per heavy atom. The van der Waals surface area contributed by atoms with Gasteiger partial charge in [-0.15, -0.1) is 0 Å². The Morgan fingerprint density at radius 1 is 1.05 bits per heavy atom. The van der Waals surface area contributed by atoms with Crippen molar-refractivity contribution in [3.8, 4) is 0 Å². The number of urea groups is 1. The zero-order valence-corrected chi connectivity index (χ0v) is 12.3. The maximum Gasteiger partial charge on any atom is 0.331 e. The Bertz CT molecular complexity index is 561. The van der Waals surface area contributed by atoms with Gasteiger partial charge in [0.1, 0.15) is 0 Å². The van der Waals surface area contributed by atoms with Gasteiger partial charge >= 0.3 is 6.03 Å². The average molecular weight is 287 g/mol. The fourth-order valence-corrected chi connectivity index (χ4v) is 3.54. The first-order valence-corrected chi connectivity index (χ1v) is 7.50. The highest BCUT2D eigenvalue weighted by Crippen LogP contribution is 2.40. The van der Waals surface area contributed by atoms with Crippen LogP contribution in [-0.4, -0.2) is 29.4 Å². The molecule has 0 radical (unpaired) electrons. The third-order valence-electron chi connectivity index (χ3n) is 4.85. The minimum atomic E-state index is -0.267. The van der Waals surface area contributed by atoms with Gasteiger partial charge < -0.3 is 10.6 Å². The SMILES string of the molecule is CN1C(=O)N(c2ccc(N)cc2)C(=O)CC12CCCCC2. The van der Waals surface area contributed by atoms with Gasteiger partial charge in [-0.2, -0.15) is 0 Å². The number of hydrogen-bond acceptors (Lipinski definition) is 3. The molecule has 1 aromatic rings. The zero-order valence-electron chi connectivity index (χ0n) is 12.3. The summed E-state index contributed by atoms with van der Waals surface area (Å²) in [5, 5.41) is 0. The Labute approximate surface area is 124 Å². The molecule has 21 heavy (non-hydrogen) atoms. The van der Waals surface area contributed by atoms with Crippen molar-refractivity contribution < 1.29 is 9.59 Å². The van der Waals surface area contributed by atoms with E-state index in [2.05, 4.69) is 0 Å². The maximum atomic E-state index is 12.7. The fourth-order valence-electron chi connectivity index (χ4n) is 3.54. The normalized spacial score (nSPS) is 22.0. The first-order chi connectivity index (χ1) is 10.0. The molecule has 1 aliphatic carbocycles. The van der Waals surface area contributed by atoms with E-state index in [-0.39, 0.29) is 17.5 Å². The van der Waals surface area contributed by atoms with Gasteiger partial charge in [-0.05, 0) is 37.1 Å². The van der Waals surface area contributed by atoms with E-state index in [9.17, 15) is 9.59 Å². The molecule has 0 unspecified atom stereocenters. The number of hydrogen-bond donors (Lipinski definition) is 1. The molecule has 1 saturated heterocycles. The lowest BCUT2D eigenvalue weighted by Gasteiger charge is -2.49. The molecular formula is C16H21N3O2. The lowest BCUT2D eigenvalue weighted by molar-refractivity contribution is -0.123. The molecule has 5 nitrogen and oxygen atoms in total. The minimum Gasteiger partial charge on any atom is -0.399 e. The van der Waals surface area contributed by atoms with E-state index in [0.717, 1.165) is 25.7 Å². The molecule has 1 spiro atoms. The van der Waals surface area contributed by atoms with Gasteiger partial charge in [-0.3, -0.25) is 4.79 Å². The van der Waals surface area contributed by atoms with Gasteiger partial charge in [0.15, 0.2) is 0 Å². The van der Waals surface area contributed by atoms with Gasteiger partial charge in [0.25, 0.3) is 0 Å². The third kappa shape index (κ3) is 2.26. The lowest BCUT2D eigenvalue weighted by atomic mass is 9.77. The van der Waals surface area contributed by atoms with Crippen LogP contribution >= 0.6 is 0 Å². The van der Waals surface area contributed by atoms with Crippen LogP contribution in [0.2, 0.25) is 0 Å². The van der Waals surface area contributed by atoms with Gasteiger partial charge in [-0.25, -0.2) is 9.69 Å². The maximum absolute atomic E-state index is 12.7. The molecule has 112 valence electrons. The Morgan fingerprint density at radius 2 is 1.67 bits per heavy atom. The van der Waals surface area contributed by atoms with E-state index < -0.39 is 0 Å². The van der Waals surface area contributed by atoms with Crippen LogP contribution in [0.3, 0.4) is 0 Å². The minimum absolute atomic E-state index is 0.107. The number of nitrogens with two attached hydrogens (primary N) is 1. The summed E-state index contributed by atoms with van der Waals surface area (Å²) in [6.07, 6.45) is 5.64. The highest BCUT2D eigenvalue weighted by atomic mass is 16.2. The van der Waals surface area contributed by atoms with E-state index >= 15 is 0 Å². The topological polar surface area (TPSA) is 66.6 Å². The molecule has 0 atom stereocenters. The molecule has 2 fully saturated rings. The summed E-state index contributed by atoms with van der Waals surface area (Å²) in [5.74, 6) is -0.107. The number of anilines is 2. The number of carbonyl (C=O) groups is 2.